The molecule has 0 radical (unpaired) electrons. The Morgan fingerprint density at radius 1 is 0.636 bits per heavy atom. The van der Waals surface area contributed by atoms with E-state index in [4.69, 9.17) is 20.9 Å². The maximum atomic E-state index is 6.24. The van der Waals surface area contributed by atoms with Crippen molar-refractivity contribution in [2.45, 2.75) is 12.1 Å². The summed E-state index contributed by atoms with van der Waals surface area (Å²) in [5.41, 5.74) is 14.4. The number of benzene rings is 2. The SMILES string of the molecule is COc1ccc(C(N)C(N)c2ccc(OC)cc2)cc1.Cl.Cl. The van der Waals surface area contributed by atoms with Crippen LogP contribution in [0.25, 0.3) is 0 Å². The maximum Gasteiger partial charge on any atom is 0.118 e. The summed E-state index contributed by atoms with van der Waals surface area (Å²) in [6.45, 7) is 0. The van der Waals surface area contributed by atoms with Crippen molar-refractivity contribution in [2.75, 3.05) is 14.2 Å². The number of rotatable bonds is 5. The zero-order valence-corrected chi connectivity index (χ0v) is 14.2. The predicted octanol–water partition coefficient (Wildman–Crippen LogP) is 3.25. The lowest BCUT2D eigenvalue weighted by molar-refractivity contribution is 0.414. The third-order valence-electron chi connectivity index (χ3n) is 3.39. The van der Waals surface area contributed by atoms with Gasteiger partial charge in [-0.1, -0.05) is 24.3 Å². The zero-order valence-electron chi connectivity index (χ0n) is 12.6. The van der Waals surface area contributed by atoms with Crippen LogP contribution in [0, 0.1) is 0 Å². The molecule has 2 aromatic rings. The first-order valence-corrected chi connectivity index (χ1v) is 6.44. The minimum absolute atomic E-state index is 0. The topological polar surface area (TPSA) is 70.5 Å². The molecule has 4 nitrogen and oxygen atoms in total. The van der Waals surface area contributed by atoms with Gasteiger partial charge in [-0.2, -0.15) is 0 Å². The predicted molar refractivity (Wildman–Crippen MR) is 94.3 cm³/mol. The van der Waals surface area contributed by atoms with Gasteiger partial charge >= 0.3 is 0 Å². The Morgan fingerprint density at radius 3 is 1.14 bits per heavy atom. The van der Waals surface area contributed by atoms with Crippen LogP contribution in [0.2, 0.25) is 0 Å². The Bertz CT molecular complexity index is 496. The van der Waals surface area contributed by atoms with Gasteiger partial charge in [0.2, 0.25) is 0 Å². The van der Waals surface area contributed by atoms with Crippen LogP contribution in [-0.4, -0.2) is 14.2 Å². The zero-order chi connectivity index (χ0) is 14.5. The molecule has 0 aliphatic carbocycles. The van der Waals surface area contributed by atoms with Crippen LogP contribution in [0.3, 0.4) is 0 Å². The first-order valence-electron chi connectivity index (χ1n) is 6.44. The Kier molecular flexibility index (Phi) is 8.90. The molecule has 2 atom stereocenters. The lowest BCUT2D eigenvalue weighted by Crippen LogP contribution is -2.26. The summed E-state index contributed by atoms with van der Waals surface area (Å²) in [7, 11) is 3.27. The van der Waals surface area contributed by atoms with Crippen LogP contribution in [0.1, 0.15) is 23.2 Å². The average Bonchev–Trinajstić information content (AvgIpc) is 2.53. The minimum Gasteiger partial charge on any atom is -0.497 e. The van der Waals surface area contributed by atoms with Gasteiger partial charge in [-0.05, 0) is 35.4 Å². The largest absolute Gasteiger partial charge is 0.497 e. The highest BCUT2D eigenvalue weighted by Gasteiger charge is 2.17. The highest BCUT2D eigenvalue weighted by Crippen LogP contribution is 2.27. The Labute approximate surface area is 143 Å². The molecule has 0 aromatic heterocycles. The van der Waals surface area contributed by atoms with Crippen molar-refractivity contribution in [3.63, 3.8) is 0 Å². The third-order valence-corrected chi connectivity index (χ3v) is 3.39. The van der Waals surface area contributed by atoms with Crippen LogP contribution in [0.5, 0.6) is 11.5 Å². The average molecular weight is 345 g/mol. The molecule has 2 rings (SSSR count). The number of hydrogen-bond acceptors (Lipinski definition) is 4. The molecule has 2 aromatic carbocycles. The van der Waals surface area contributed by atoms with E-state index in [1.807, 2.05) is 48.5 Å². The molecule has 0 saturated carbocycles. The summed E-state index contributed by atoms with van der Waals surface area (Å²) >= 11 is 0. The van der Waals surface area contributed by atoms with Crippen molar-refractivity contribution in [1.82, 2.24) is 0 Å². The number of methoxy groups -OCH3 is 2. The van der Waals surface area contributed by atoms with Crippen LogP contribution in [0.15, 0.2) is 48.5 Å². The van der Waals surface area contributed by atoms with Crippen LogP contribution >= 0.6 is 24.8 Å². The molecule has 122 valence electrons. The fraction of sp³-hybridized carbons (Fsp3) is 0.250. The molecule has 0 aliphatic rings. The molecule has 0 spiro atoms. The van der Waals surface area contributed by atoms with Gasteiger partial charge in [0.1, 0.15) is 11.5 Å². The lowest BCUT2D eigenvalue weighted by Gasteiger charge is -2.21. The Hall–Kier alpha value is -1.46. The van der Waals surface area contributed by atoms with Crippen molar-refractivity contribution in [1.29, 1.82) is 0 Å². The highest BCUT2D eigenvalue weighted by atomic mass is 35.5. The van der Waals surface area contributed by atoms with Gasteiger partial charge in [-0.25, -0.2) is 0 Å². The van der Waals surface area contributed by atoms with E-state index in [2.05, 4.69) is 0 Å². The summed E-state index contributed by atoms with van der Waals surface area (Å²) in [6.07, 6.45) is 0. The molecule has 0 aliphatic heterocycles. The molecule has 0 saturated heterocycles. The Balaban J connectivity index is 0.00000220. The fourth-order valence-electron chi connectivity index (χ4n) is 2.07. The number of hydrogen-bond donors (Lipinski definition) is 2. The smallest absolute Gasteiger partial charge is 0.118 e. The van der Waals surface area contributed by atoms with E-state index in [9.17, 15) is 0 Å². The molecular formula is C16H22Cl2N2O2. The molecule has 0 heterocycles. The van der Waals surface area contributed by atoms with Crippen molar-refractivity contribution >= 4 is 24.8 Å². The second-order valence-electron chi connectivity index (χ2n) is 4.60. The number of ether oxygens (including phenoxy) is 2. The van der Waals surface area contributed by atoms with Gasteiger partial charge in [0.25, 0.3) is 0 Å². The van der Waals surface area contributed by atoms with Crippen molar-refractivity contribution in [3.8, 4) is 11.5 Å². The van der Waals surface area contributed by atoms with Gasteiger partial charge in [0, 0.05) is 12.1 Å². The van der Waals surface area contributed by atoms with E-state index >= 15 is 0 Å². The monoisotopic (exact) mass is 344 g/mol. The van der Waals surface area contributed by atoms with E-state index in [-0.39, 0.29) is 36.9 Å². The quantitative estimate of drug-likeness (QED) is 0.873. The van der Waals surface area contributed by atoms with E-state index in [1.54, 1.807) is 14.2 Å². The minimum atomic E-state index is -0.269. The van der Waals surface area contributed by atoms with Crippen molar-refractivity contribution in [2.24, 2.45) is 11.5 Å². The van der Waals surface area contributed by atoms with E-state index < -0.39 is 0 Å². The Morgan fingerprint density at radius 2 is 0.909 bits per heavy atom. The molecule has 0 amide bonds. The molecular weight excluding hydrogens is 323 g/mol. The molecule has 0 fully saturated rings. The summed E-state index contributed by atoms with van der Waals surface area (Å²) in [6, 6.07) is 14.8. The number of nitrogens with two attached hydrogens (primary N) is 2. The second-order valence-corrected chi connectivity index (χ2v) is 4.60. The summed E-state index contributed by atoms with van der Waals surface area (Å²) in [4.78, 5) is 0. The lowest BCUT2D eigenvalue weighted by atomic mass is 9.95. The molecule has 6 heteroatoms. The van der Waals surface area contributed by atoms with Gasteiger partial charge in [0.15, 0.2) is 0 Å². The van der Waals surface area contributed by atoms with Crippen LogP contribution < -0.4 is 20.9 Å². The molecule has 2 unspecified atom stereocenters. The molecule has 4 N–H and O–H groups in total. The van der Waals surface area contributed by atoms with Gasteiger partial charge in [-0.3, -0.25) is 0 Å². The van der Waals surface area contributed by atoms with Gasteiger partial charge in [-0.15, -0.1) is 24.8 Å². The first kappa shape index (κ1) is 20.5. The highest BCUT2D eigenvalue weighted by molar-refractivity contribution is 5.85. The van der Waals surface area contributed by atoms with E-state index in [1.165, 1.54) is 0 Å². The molecule has 22 heavy (non-hydrogen) atoms. The van der Waals surface area contributed by atoms with E-state index in [0.29, 0.717) is 0 Å². The van der Waals surface area contributed by atoms with Gasteiger partial charge < -0.3 is 20.9 Å². The van der Waals surface area contributed by atoms with Crippen LogP contribution in [0.4, 0.5) is 0 Å². The number of halogens is 2. The second kappa shape index (κ2) is 9.54. The van der Waals surface area contributed by atoms with Crippen LogP contribution in [-0.2, 0) is 0 Å². The summed E-state index contributed by atoms with van der Waals surface area (Å²) in [5.74, 6) is 1.61. The normalized spacial score (nSPS) is 12.4. The standard InChI is InChI=1S/C16H20N2O2.2ClH/c1-19-13-7-3-11(4-8-13)15(17)16(18)12-5-9-14(20-2)10-6-12;;/h3-10,15-16H,17-18H2,1-2H3;2*1H. The summed E-state index contributed by atoms with van der Waals surface area (Å²) < 4.78 is 10.3. The summed E-state index contributed by atoms with van der Waals surface area (Å²) in [5, 5.41) is 0. The third kappa shape index (κ3) is 4.78. The first-order chi connectivity index (χ1) is 9.65. The maximum absolute atomic E-state index is 6.24. The van der Waals surface area contributed by atoms with E-state index in [0.717, 1.165) is 22.6 Å². The molecule has 0 bridgehead atoms. The van der Waals surface area contributed by atoms with Crippen molar-refractivity contribution < 1.29 is 9.47 Å². The van der Waals surface area contributed by atoms with Gasteiger partial charge in [0.05, 0.1) is 14.2 Å². The fourth-order valence-corrected chi connectivity index (χ4v) is 2.07. The van der Waals surface area contributed by atoms with Crippen molar-refractivity contribution in [3.05, 3.63) is 59.7 Å².